The molecular weight excluding hydrogens is 275 g/mol. The molecule has 2 atom stereocenters. The fraction of sp³-hybridized carbons (Fsp3) is 0.368. The summed E-state index contributed by atoms with van der Waals surface area (Å²) in [5.74, 6) is 0.659. The van der Waals surface area contributed by atoms with Gasteiger partial charge in [0, 0.05) is 31.1 Å². The van der Waals surface area contributed by atoms with E-state index in [0.717, 1.165) is 29.8 Å². The molecule has 0 amide bonds. The van der Waals surface area contributed by atoms with Crippen molar-refractivity contribution >= 4 is 0 Å². The standard InChI is InChI=1S/C19H21FN2/c20-10-13-2-1-3-16(8-13)14-4-6-15(7-5-14)18-9-19(18)22-17-11-21-12-17/h1-8,17-19,21-22H,9-12H2/t18-,19+/m1/s1. The van der Waals surface area contributed by atoms with Crippen LogP contribution in [0.25, 0.3) is 11.1 Å². The van der Waals surface area contributed by atoms with Crippen molar-refractivity contribution in [2.75, 3.05) is 13.1 Å². The lowest BCUT2D eigenvalue weighted by Gasteiger charge is -2.28. The molecule has 0 radical (unpaired) electrons. The van der Waals surface area contributed by atoms with Gasteiger partial charge in [-0.2, -0.15) is 0 Å². The van der Waals surface area contributed by atoms with E-state index in [2.05, 4.69) is 34.9 Å². The van der Waals surface area contributed by atoms with E-state index in [1.54, 1.807) is 0 Å². The Morgan fingerprint density at radius 2 is 1.86 bits per heavy atom. The molecule has 2 N–H and O–H groups in total. The highest BCUT2D eigenvalue weighted by Gasteiger charge is 2.40. The van der Waals surface area contributed by atoms with E-state index < -0.39 is 6.67 Å². The van der Waals surface area contributed by atoms with Crippen molar-refractivity contribution in [3.05, 3.63) is 59.7 Å². The van der Waals surface area contributed by atoms with E-state index >= 15 is 0 Å². The van der Waals surface area contributed by atoms with Gasteiger partial charge in [-0.1, -0.05) is 42.5 Å². The zero-order chi connectivity index (χ0) is 14.9. The van der Waals surface area contributed by atoms with Crippen molar-refractivity contribution in [3.8, 4) is 11.1 Å². The third-order valence-corrected chi connectivity index (χ3v) is 4.78. The van der Waals surface area contributed by atoms with Gasteiger partial charge in [0.15, 0.2) is 0 Å². The van der Waals surface area contributed by atoms with Crippen LogP contribution in [0.2, 0.25) is 0 Å². The molecule has 1 heterocycles. The fourth-order valence-electron chi connectivity index (χ4n) is 3.21. The maximum atomic E-state index is 12.8. The third-order valence-electron chi connectivity index (χ3n) is 4.78. The first-order chi connectivity index (χ1) is 10.8. The summed E-state index contributed by atoms with van der Waals surface area (Å²) in [6.45, 7) is 1.80. The summed E-state index contributed by atoms with van der Waals surface area (Å²) in [7, 11) is 0. The minimum atomic E-state index is -0.405. The first kappa shape index (κ1) is 13.9. The highest BCUT2D eigenvalue weighted by atomic mass is 19.1. The van der Waals surface area contributed by atoms with Crippen LogP contribution in [0.4, 0.5) is 4.39 Å². The van der Waals surface area contributed by atoms with E-state index in [9.17, 15) is 4.39 Å². The minimum Gasteiger partial charge on any atom is -0.314 e. The predicted octanol–water partition coefficient (Wildman–Crippen LogP) is 3.24. The van der Waals surface area contributed by atoms with E-state index in [0.29, 0.717) is 18.0 Å². The SMILES string of the molecule is FCc1cccc(-c2ccc([C@H]3C[C@@H]3NC3CNC3)cc2)c1. The summed E-state index contributed by atoms with van der Waals surface area (Å²) in [6.07, 6.45) is 1.24. The van der Waals surface area contributed by atoms with Gasteiger partial charge in [0.05, 0.1) is 0 Å². The van der Waals surface area contributed by atoms with Crippen LogP contribution in [0.5, 0.6) is 0 Å². The molecule has 4 rings (SSSR count). The van der Waals surface area contributed by atoms with Crippen LogP contribution < -0.4 is 10.6 Å². The van der Waals surface area contributed by atoms with Crippen LogP contribution in [0.3, 0.4) is 0 Å². The summed E-state index contributed by atoms with van der Waals surface area (Å²) in [4.78, 5) is 0. The summed E-state index contributed by atoms with van der Waals surface area (Å²) in [5, 5.41) is 6.99. The first-order valence-corrected chi connectivity index (χ1v) is 8.05. The van der Waals surface area contributed by atoms with Gasteiger partial charge in [0.25, 0.3) is 0 Å². The molecule has 22 heavy (non-hydrogen) atoms. The molecule has 1 aliphatic carbocycles. The summed E-state index contributed by atoms with van der Waals surface area (Å²) in [6, 6.07) is 17.8. The second kappa shape index (κ2) is 5.82. The number of rotatable bonds is 5. The average molecular weight is 296 g/mol. The van der Waals surface area contributed by atoms with Crippen LogP contribution >= 0.6 is 0 Å². The zero-order valence-electron chi connectivity index (χ0n) is 12.6. The predicted molar refractivity (Wildman–Crippen MR) is 87.6 cm³/mol. The van der Waals surface area contributed by atoms with E-state index in [1.165, 1.54) is 12.0 Å². The van der Waals surface area contributed by atoms with Gasteiger partial charge in [0.1, 0.15) is 6.67 Å². The molecule has 1 aliphatic heterocycles. The molecule has 114 valence electrons. The minimum absolute atomic E-state index is 0.405. The van der Waals surface area contributed by atoms with Gasteiger partial charge in [-0.3, -0.25) is 0 Å². The van der Waals surface area contributed by atoms with Crippen LogP contribution in [0.1, 0.15) is 23.5 Å². The lowest BCUT2D eigenvalue weighted by molar-refractivity contribution is 0.362. The van der Waals surface area contributed by atoms with Gasteiger partial charge in [-0.25, -0.2) is 4.39 Å². The summed E-state index contributed by atoms with van der Waals surface area (Å²) >= 11 is 0. The fourth-order valence-corrected chi connectivity index (χ4v) is 3.21. The van der Waals surface area contributed by atoms with Gasteiger partial charge in [-0.15, -0.1) is 0 Å². The molecular formula is C19H21FN2. The Morgan fingerprint density at radius 1 is 1.05 bits per heavy atom. The molecule has 0 bridgehead atoms. The Kier molecular flexibility index (Phi) is 3.68. The molecule has 3 heteroatoms. The highest BCUT2D eigenvalue weighted by Crippen LogP contribution is 2.41. The van der Waals surface area contributed by atoms with Crippen LogP contribution in [-0.2, 0) is 6.67 Å². The van der Waals surface area contributed by atoms with Crippen LogP contribution in [0, 0.1) is 0 Å². The molecule has 0 spiro atoms. The number of hydrogen-bond donors (Lipinski definition) is 2. The van der Waals surface area contributed by atoms with Crippen molar-refractivity contribution in [1.29, 1.82) is 0 Å². The van der Waals surface area contributed by atoms with Gasteiger partial charge in [0.2, 0.25) is 0 Å². The summed E-state index contributed by atoms with van der Waals surface area (Å²) in [5.41, 5.74) is 4.40. The van der Waals surface area contributed by atoms with Gasteiger partial charge >= 0.3 is 0 Å². The lowest BCUT2D eigenvalue weighted by Crippen LogP contribution is -2.56. The smallest absolute Gasteiger partial charge is 0.115 e. The maximum Gasteiger partial charge on any atom is 0.115 e. The number of alkyl halides is 1. The quantitative estimate of drug-likeness (QED) is 0.885. The maximum absolute atomic E-state index is 12.8. The normalized spacial score (nSPS) is 24.0. The molecule has 0 aromatic heterocycles. The largest absolute Gasteiger partial charge is 0.314 e. The van der Waals surface area contributed by atoms with Crippen molar-refractivity contribution in [2.24, 2.45) is 0 Å². The summed E-state index contributed by atoms with van der Waals surface area (Å²) < 4.78 is 12.8. The molecule has 2 nitrogen and oxygen atoms in total. The number of nitrogens with one attached hydrogen (secondary N) is 2. The van der Waals surface area contributed by atoms with Crippen LogP contribution in [-0.4, -0.2) is 25.2 Å². The van der Waals surface area contributed by atoms with Crippen molar-refractivity contribution in [1.82, 2.24) is 10.6 Å². The second-order valence-corrected chi connectivity index (χ2v) is 6.43. The van der Waals surface area contributed by atoms with Crippen molar-refractivity contribution in [2.45, 2.75) is 31.1 Å². The molecule has 2 aliphatic rings. The zero-order valence-corrected chi connectivity index (χ0v) is 12.6. The Hall–Kier alpha value is -1.71. The molecule has 2 fully saturated rings. The Labute approximate surface area is 130 Å². The highest BCUT2D eigenvalue weighted by molar-refractivity contribution is 5.64. The van der Waals surface area contributed by atoms with Crippen molar-refractivity contribution in [3.63, 3.8) is 0 Å². The molecule has 1 saturated carbocycles. The monoisotopic (exact) mass is 296 g/mol. The molecule has 2 aromatic rings. The first-order valence-electron chi connectivity index (χ1n) is 8.05. The van der Waals surface area contributed by atoms with E-state index in [1.807, 2.05) is 24.3 Å². The average Bonchev–Trinajstić information content (AvgIpc) is 3.31. The van der Waals surface area contributed by atoms with Crippen LogP contribution in [0.15, 0.2) is 48.5 Å². The molecule has 2 aromatic carbocycles. The molecule has 1 saturated heterocycles. The van der Waals surface area contributed by atoms with Gasteiger partial charge in [-0.05, 0) is 34.7 Å². The Balaban J connectivity index is 1.44. The molecule has 0 unspecified atom stereocenters. The van der Waals surface area contributed by atoms with E-state index in [4.69, 9.17) is 0 Å². The van der Waals surface area contributed by atoms with Crippen molar-refractivity contribution < 1.29 is 4.39 Å². The second-order valence-electron chi connectivity index (χ2n) is 6.43. The third kappa shape index (κ3) is 2.79. The number of hydrogen-bond acceptors (Lipinski definition) is 2. The van der Waals surface area contributed by atoms with Gasteiger partial charge < -0.3 is 10.6 Å². The Morgan fingerprint density at radius 3 is 2.55 bits per heavy atom. The van der Waals surface area contributed by atoms with E-state index in [-0.39, 0.29) is 0 Å². The number of halogens is 1. The topological polar surface area (TPSA) is 24.1 Å². The number of benzene rings is 2. The lowest BCUT2D eigenvalue weighted by atomic mass is 10.0. The Bertz CT molecular complexity index is 649.